The van der Waals surface area contributed by atoms with Gasteiger partial charge in [0.25, 0.3) is 0 Å². The van der Waals surface area contributed by atoms with Crippen LogP contribution in [0.5, 0.6) is 0 Å². The van der Waals surface area contributed by atoms with Gasteiger partial charge in [-0.1, -0.05) is 42.5 Å². The van der Waals surface area contributed by atoms with E-state index in [1.807, 2.05) is 30.3 Å². The number of esters is 2. The summed E-state index contributed by atoms with van der Waals surface area (Å²) in [4.78, 5) is 36.6. The number of rotatable bonds is 3. The molecule has 30 heavy (non-hydrogen) atoms. The van der Waals surface area contributed by atoms with Crippen LogP contribution in [-0.2, 0) is 4.74 Å². The Morgan fingerprint density at radius 2 is 1.40 bits per heavy atom. The van der Waals surface area contributed by atoms with Crippen molar-refractivity contribution in [3.8, 4) is 0 Å². The first-order chi connectivity index (χ1) is 14.3. The molecule has 0 aliphatic carbocycles. The Morgan fingerprint density at radius 3 is 2.13 bits per heavy atom. The number of aryl methyl sites for hydroxylation is 2. The largest absolute Gasteiger partial charge is 0.478 e. The van der Waals surface area contributed by atoms with Crippen LogP contribution in [0.4, 0.5) is 0 Å². The average molecular weight is 398 g/mol. The van der Waals surface area contributed by atoms with Gasteiger partial charge in [-0.2, -0.15) is 0 Å². The third kappa shape index (κ3) is 3.42. The Morgan fingerprint density at radius 1 is 0.733 bits per heavy atom. The van der Waals surface area contributed by atoms with E-state index in [9.17, 15) is 19.5 Å². The summed E-state index contributed by atoms with van der Waals surface area (Å²) in [7, 11) is 0. The van der Waals surface area contributed by atoms with Crippen molar-refractivity contribution >= 4 is 39.5 Å². The van der Waals surface area contributed by atoms with Gasteiger partial charge in [-0.15, -0.1) is 0 Å². The Kier molecular flexibility index (Phi) is 4.80. The first-order valence-electron chi connectivity index (χ1n) is 9.37. The molecule has 0 radical (unpaired) electrons. The number of fused-ring (bicyclic) bond motifs is 2. The molecule has 5 nitrogen and oxygen atoms in total. The quantitative estimate of drug-likeness (QED) is 0.374. The van der Waals surface area contributed by atoms with E-state index in [-0.39, 0.29) is 5.56 Å². The molecular formula is C25H18O5. The highest BCUT2D eigenvalue weighted by atomic mass is 16.6. The molecular weight excluding hydrogens is 380 g/mol. The Bertz CT molecular complexity index is 1350. The minimum Gasteiger partial charge on any atom is -0.478 e. The van der Waals surface area contributed by atoms with Crippen molar-refractivity contribution in [2.45, 2.75) is 13.8 Å². The molecule has 5 heteroatoms. The number of hydrogen-bond donors (Lipinski definition) is 1. The smallest absolute Gasteiger partial charge is 0.346 e. The first-order valence-corrected chi connectivity index (χ1v) is 9.37. The zero-order valence-corrected chi connectivity index (χ0v) is 16.4. The zero-order valence-electron chi connectivity index (χ0n) is 16.4. The highest BCUT2D eigenvalue weighted by Crippen LogP contribution is 2.27. The molecule has 0 unspecified atom stereocenters. The lowest BCUT2D eigenvalue weighted by Gasteiger charge is -2.13. The van der Waals surface area contributed by atoms with Crippen LogP contribution in [-0.4, -0.2) is 23.0 Å². The van der Waals surface area contributed by atoms with Crippen LogP contribution in [0.2, 0.25) is 0 Å². The van der Waals surface area contributed by atoms with E-state index in [0.717, 1.165) is 16.2 Å². The Hall–Kier alpha value is -3.99. The third-order valence-electron chi connectivity index (χ3n) is 5.22. The second-order valence-corrected chi connectivity index (χ2v) is 7.17. The van der Waals surface area contributed by atoms with E-state index in [4.69, 9.17) is 4.74 Å². The van der Waals surface area contributed by atoms with Crippen molar-refractivity contribution in [2.24, 2.45) is 0 Å². The lowest BCUT2D eigenvalue weighted by atomic mass is 9.94. The molecule has 0 saturated carbocycles. The highest BCUT2D eigenvalue weighted by Gasteiger charge is 2.21. The molecule has 0 aliphatic heterocycles. The fourth-order valence-corrected chi connectivity index (χ4v) is 3.72. The second kappa shape index (κ2) is 7.44. The van der Waals surface area contributed by atoms with Gasteiger partial charge in [-0.05, 0) is 70.8 Å². The normalized spacial score (nSPS) is 10.9. The average Bonchev–Trinajstić information content (AvgIpc) is 2.72. The maximum absolute atomic E-state index is 12.8. The van der Waals surface area contributed by atoms with Gasteiger partial charge in [0.1, 0.15) is 0 Å². The van der Waals surface area contributed by atoms with Gasteiger partial charge in [-0.25, -0.2) is 14.4 Å². The molecule has 0 atom stereocenters. The number of hydrogen-bond acceptors (Lipinski definition) is 4. The Balaban J connectivity index is 1.67. The van der Waals surface area contributed by atoms with Crippen molar-refractivity contribution in [3.05, 3.63) is 94.5 Å². The van der Waals surface area contributed by atoms with Gasteiger partial charge < -0.3 is 9.84 Å². The summed E-state index contributed by atoms with van der Waals surface area (Å²) in [6.45, 7) is 3.49. The van der Waals surface area contributed by atoms with Crippen molar-refractivity contribution in [1.82, 2.24) is 0 Å². The zero-order chi connectivity index (χ0) is 21.4. The molecule has 0 aliphatic rings. The molecule has 0 bridgehead atoms. The lowest BCUT2D eigenvalue weighted by Crippen LogP contribution is -2.15. The van der Waals surface area contributed by atoms with Gasteiger partial charge >= 0.3 is 17.9 Å². The standard InChI is InChI=1S/C25H18O5/c1-14-11-20-13-18(23(26)27)9-10-21(20)15(2)22(14)25(29)30-24(28)19-8-7-16-5-3-4-6-17(16)12-19/h3-13H,1-2H3,(H,26,27). The van der Waals surface area contributed by atoms with Crippen LogP contribution >= 0.6 is 0 Å². The fraction of sp³-hybridized carbons (Fsp3) is 0.0800. The van der Waals surface area contributed by atoms with Crippen LogP contribution < -0.4 is 0 Å². The molecule has 1 N–H and O–H groups in total. The number of carboxylic acid groups (broad SMARTS) is 1. The molecule has 0 heterocycles. The van der Waals surface area contributed by atoms with Gasteiger partial charge in [0.05, 0.1) is 16.7 Å². The number of carboxylic acids is 1. The van der Waals surface area contributed by atoms with Crippen LogP contribution in [0, 0.1) is 13.8 Å². The number of carbonyl (C=O) groups excluding carboxylic acids is 2. The summed E-state index contributed by atoms with van der Waals surface area (Å²) < 4.78 is 5.17. The van der Waals surface area contributed by atoms with Crippen LogP contribution in [0.1, 0.15) is 42.2 Å². The van der Waals surface area contributed by atoms with Crippen LogP contribution in [0.3, 0.4) is 0 Å². The molecule has 0 aromatic heterocycles. The van der Waals surface area contributed by atoms with Crippen LogP contribution in [0.15, 0.2) is 66.7 Å². The van der Waals surface area contributed by atoms with Gasteiger partial charge in [-0.3, -0.25) is 0 Å². The predicted octanol–water partition coefficient (Wildman–Crippen LogP) is 5.31. The SMILES string of the molecule is Cc1cc2cc(C(=O)O)ccc2c(C)c1C(=O)OC(=O)c1ccc2ccccc2c1. The maximum Gasteiger partial charge on any atom is 0.346 e. The van der Waals surface area contributed by atoms with E-state index in [1.54, 1.807) is 44.2 Å². The minimum atomic E-state index is -1.02. The highest BCUT2D eigenvalue weighted by molar-refractivity contribution is 6.08. The molecule has 0 fully saturated rings. The van der Waals surface area contributed by atoms with Crippen molar-refractivity contribution < 1.29 is 24.2 Å². The molecule has 148 valence electrons. The Labute approximate surface area is 172 Å². The first kappa shape index (κ1) is 19.3. The maximum atomic E-state index is 12.8. The summed E-state index contributed by atoms with van der Waals surface area (Å²) in [6, 6.07) is 19.2. The second-order valence-electron chi connectivity index (χ2n) is 7.17. The van der Waals surface area contributed by atoms with E-state index >= 15 is 0 Å². The van der Waals surface area contributed by atoms with Gasteiger partial charge in [0.15, 0.2) is 0 Å². The van der Waals surface area contributed by atoms with Crippen LogP contribution in [0.25, 0.3) is 21.5 Å². The van der Waals surface area contributed by atoms with Gasteiger partial charge in [0, 0.05) is 0 Å². The number of carbonyl (C=O) groups is 3. The van der Waals surface area contributed by atoms with Crippen molar-refractivity contribution in [2.75, 3.05) is 0 Å². The third-order valence-corrected chi connectivity index (χ3v) is 5.22. The number of benzene rings is 4. The summed E-state index contributed by atoms with van der Waals surface area (Å²) in [5.41, 5.74) is 2.02. The van der Waals surface area contributed by atoms with E-state index in [2.05, 4.69) is 0 Å². The van der Waals surface area contributed by atoms with Crippen molar-refractivity contribution in [1.29, 1.82) is 0 Å². The topological polar surface area (TPSA) is 80.7 Å². The predicted molar refractivity (Wildman–Crippen MR) is 114 cm³/mol. The summed E-state index contributed by atoms with van der Waals surface area (Å²) in [5, 5.41) is 12.5. The van der Waals surface area contributed by atoms with E-state index < -0.39 is 17.9 Å². The molecule has 0 saturated heterocycles. The molecule has 4 aromatic carbocycles. The number of aromatic carboxylic acids is 1. The summed E-state index contributed by atoms with van der Waals surface area (Å²) in [6.07, 6.45) is 0. The van der Waals surface area contributed by atoms with Crippen molar-refractivity contribution in [3.63, 3.8) is 0 Å². The summed E-state index contributed by atoms with van der Waals surface area (Å²) in [5.74, 6) is -2.46. The lowest BCUT2D eigenvalue weighted by molar-refractivity contribution is 0.0396. The minimum absolute atomic E-state index is 0.170. The number of ether oxygens (including phenoxy) is 1. The molecule has 4 rings (SSSR count). The monoisotopic (exact) mass is 398 g/mol. The van der Waals surface area contributed by atoms with E-state index in [0.29, 0.717) is 27.6 Å². The van der Waals surface area contributed by atoms with Gasteiger partial charge in [0.2, 0.25) is 0 Å². The van der Waals surface area contributed by atoms with E-state index in [1.165, 1.54) is 6.07 Å². The molecule has 0 amide bonds. The fourth-order valence-electron chi connectivity index (χ4n) is 3.72. The molecule has 0 spiro atoms. The molecule has 4 aromatic rings. The summed E-state index contributed by atoms with van der Waals surface area (Å²) >= 11 is 0.